The van der Waals surface area contributed by atoms with Crippen molar-refractivity contribution in [2.24, 2.45) is 51.8 Å². The number of hydrogen-bond acceptors (Lipinski definition) is 4. The Morgan fingerprint density at radius 2 is 1.61 bits per heavy atom. The van der Waals surface area contributed by atoms with Gasteiger partial charge in [0, 0.05) is 5.41 Å². The predicted molar refractivity (Wildman–Crippen MR) is 120 cm³/mol. The number of carbonyl (C=O) groups is 1. The van der Waals surface area contributed by atoms with Crippen LogP contribution in [0.5, 0.6) is 0 Å². The van der Waals surface area contributed by atoms with Gasteiger partial charge in [0.1, 0.15) is 6.61 Å². The number of hydrogen-bond donors (Lipinski definition) is 2. The first kappa shape index (κ1) is 22.2. The Balaban J connectivity index is 1.39. The molecule has 0 saturated heterocycles. The van der Waals surface area contributed by atoms with Gasteiger partial charge in [-0.1, -0.05) is 27.2 Å². The van der Waals surface area contributed by atoms with E-state index >= 15 is 0 Å². The summed E-state index contributed by atoms with van der Waals surface area (Å²) in [5.41, 5.74) is 0.976. The van der Waals surface area contributed by atoms with E-state index in [1.54, 1.807) is 0 Å². The van der Waals surface area contributed by atoms with Crippen LogP contribution >= 0.6 is 0 Å². The maximum atomic E-state index is 11.7. The van der Waals surface area contributed by atoms with Crippen LogP contribution < -0.4 is 0 Å². The number of esters is 1. The number of ether oxygens (including phenoxy) is 1. The second kappa shape index (κ2) is 7.72. The molecule has 5 aliphatic rings. The molecule has 0 aromatic heterocycles. The molecule has 2 N–H and O–H groups in total. The lowest BCUT2D eigenvalue weighted by molar-refractivity contribution is -0.199. The Morgan fingerprint density at radius 1 is 0.903 bits per heavy atom. The molecule has 31 heavy (non-hydrogen) atoms. The van der Waals surface area contributed by atoms with Gasteiger partial charge >= 0.3 is 5.97 Å². The van der Waals surface area contributed by atoms with Crippen molar-refractivity contribution in [1.82, 2.24) is 0 Å². The number of aliphatic hydroxyl groups excluding tert-OH is 2. The number of fused-ring (bicyclic) bond motifs is 7. The van der Waals surface area contributed by atoms with Gasteiger partial charge in [0.05, 0.1) is 12.7 Å². The summed E-state index contributed by atoms with van der Waals surface area (Å²) in [5, 5.41) is 19.7. The molecule has 0 amide bonds. The van der Waals surface area contributed by atoms with Gasteiger partial charge in [0.2, 0.25) is 0 Å². The van der Waals surface area contributed by atoms with Gasteiger partial charge in [-0.05, 0) is 111 Å². The van der Waals surface area contributed by atoms with Gasteiger partial charge in [0.25, 0.3) is 0 Å². The smallest absolute Gasteiger partial charge is 0.331 e. The van der Waals surface area contributed by atoms with Gasteiger partial charge in [-0.3, -0.25) is 0 Å². The maximum Gasteiger partial charge on any atom is 0.331 e. The molecule has 5 aliphatic carbocycles. The summed E-state index contributed by atoms with van der Waals surface area (Å²) in [6, 6.07) is 0. The van der Waals surface area contributed by atoms with Crippen LogP contribution in [0, 0.1) is 51.8 Å². The van der Waals surface area contributed by atoms with E-state index in [9.17, 15) is 9.90 Å². The fourth-order valence-corrected chi connectivity index (χ4v) is 10.5. The topological polar surface area (TPSA) is 66.8 Å². The Hall–Kier alpha value is -0.610. The molecule has 5 fully saturated rings. The molecule has 0 radical (unpaired) electrons. The van der Waals surface area contributed by atoms with Crippen LogP contribution in [0.25, 0.3) is 0 Å². The minimum atomic E-state index is -0.501. The first-order valence-electron chi connectivity index (χ1n) is 13.2. The van der Waals surface area contributed by atoms with E-state index < -0.39 is 12.6 Å². The second-order valence-corrected chi connectivity index (χ2v) is 12.7. The Kier molecular flexibility index (Phi) is 5.53. The highest BCUT2D eigenvalue weighted by Gasteiger charge is 2.64. The standard InChI is InChI=1S/C27H44O4/c1-17-19-8-12-26(3)20-9-14-27(16-31-24(30)15-28)11-4-5-21(27)18(20)6-7-23(26)25(19,2)13-10-22(17)29/h17-23,28-29H,4-16H2,1-3H3. The van der Waals surface area contributed by atoms with Crippen LogP contribution in [0.4, 0.5) is 0 Å². The highest BCUT2D eigenvalue weighted by atomic mass is 16.5. The molecule has 4 heteroatoms. The lowest BCUT2D eigenvalue weighted by Crippen LogP contribution is -2.61. The van der Waals surface area contributed by atoms with Gasteiger partial charge in [0.15, 0.2) is 0 Å². The average molecular weight is 433 g/mol. The van der Waals surface area contributed by atoms with E-state index in [0.717, 1.165) is 24.2 Å². The van der Waals surface area contributed by atoms with Crippen molar-refractivity contribution in [2.45, 2.75) is 97.5 Å². The summed E-state index contributed by atoms with van der Waals surface area (Å²) in [6.07, 6.45) is 13.6. The molecular formula is C27H44O4. The number of rotatable bonds is 3. The number of carbonyl (C=O) groups excluding carboxylic acids is 1. The predicted octanol–water partition coefficient (Wildman–Crippen LogP) is 4.96. The van der Waals surface area contributed by atoms with Crippen molar-refractivity contribution >= 4 is 5.97 Å². The molecule has 5 saturated carbocycles. The molecule has 0 bridgehead atoms. The maximum absolute atomic E-state index is 11.7. The highest BCUT2D eigenvalue weighted by molar-refractivity contribution is 5.70. The highest BCUT2D eigenvalue weighted by Crippen LogP contribution is 2.71. The third-order valence-electron chi connectivity index (χ3n) is 11.9. The average Bonchev–Trinajstić information content (AvgIpc) is 3.19. The van der Waals surface area contributed by atoms with E-state index in [4.69, 9.17) is 9.84 Å². The minimum absolute atomic E-state index is 0.103. The zero-order valence-corrected chi connectivity index (χ0v) is 19.9. The van der Waals surface area contributed by atoms with Gasteiger partial charge in [-0.2, -0.15) is 0 Å². The van der Waals surface area contributed by atoms with Crippen molar-refractivity contribution in [2.75, 3.05) is 13.2 Å². The SMILES string of the molecule is CC1C(O)CCC2(C)C1CCC1(C)C3CCC4(COC(=O)CO)CCCC4C3CCC21. The molecule has 0 spiro atoms. The van der Waals surface area contributed by atoms with Gasteiger partial charge < -0.3 is 14.9 Å². The van der Waals surface area contributed by atoms with Crippen molar-refractivity contribution in [1.29, 1.82) is 0 Å². The molecule has 10 atom stereocenters. The molecule has 5 rings (SSSR count). The first-order chi connectivity index (χ1) is 14.7. The van der Waals surface area contributed by atoms with Crippen LogP contribution in [0.3, 0.4) is 0 Å². The summed E-state index contributed by atoms with van der Waals surface area (Å²) in [7, 11) is 0. The largest absolute Gasteiger partial charge is 0.463 e. The fraction of sp³-hybridized carbons (Fsp3) is 0.963. The fourth-order valence-electron chi connectivity index (χ4n) is 10.5. The van der Waals surface area contributed by atoms with Crippen LogP contribution in [0.15, 0.2) is 0 Å². The van der Waals surface area contributed by atoms with Crippen molar-refractivity contribution in [3.8, 4) is 0 Å². The molecule has 0 heterocycles. The minimum Gasteiger partial charge on any atom is -0.463 e. The van der Waals surface area contributed by atoms with Crippen molar-refractivity contribution < 1.29 is 19.7 Å². The van der Waals surface area contributed by atoms with E-state index in [0.29, 0.717) is 35.2 Å². The Labute approximate surface area is 188 Å². The molecule has 0 aromatic rings. The number of aliphatic hydroxyl groups is 2. The molecular weight excluding hydrogens is 388 g/mol. The molecule has 10 unspecified atom stereocenters. The summed E-state index contributed by atoms with van der Waals surface area (Å²) in [5.74, 6) is 3.71. The summed E-state index contributed by atoms with van der Waals surface area (Å²) in [6.45, 7) is 7.55. The molecule has 176 valence electrons. The Morgan fingerprint density at radius 3 is 2.39 bits per heavy atom. The molecule has 4 nitrogen and oxygen atoms in total. The summed E-state index contributed by atoms with van der Waals surface area (Å²) < 4.78 is 5.54. The molecule has 0 aromatic carbocycles. The van der Waals surface area contributed by atoms with Gasteiger partial charge in [-0.25, -0.2) is 4.79 Å². The third-order valence-corrected chi connectivity index (χ3v) is 11.9. The van der Waals surface area contributed by atoms with E-state index in [1.165, 1.54) is 64.2 Å². The van der Waals surface area contributed by atoms with Crippen LogP contribution in [-0.4, -0.2) is 35.5 Å². The zero-order chi connectivity index (χ0) is 22.0. The quantitative estimate of drug-likeness (QED) is 0.619. The van der Waals surface area contributed by atoms with Crippen molar-refractivity contribution in [3.05, 3.63) is 0 Å². The van der Waals surface area contributed by atoms with Crippen LogP contribution in [-0.2, 0) is 9.53 Å². The summed E-state index contributed by atoms with van der Waals surface area (Å²) >= 11 is 0. The third kappa shape index (κ3) is 3.17. The lowest BCUT2D eigenvalue weighted by atomic mass is 9.37. The molecule has 0 aliphatic heterocycles. The zero-order valence-electron chi connectivity index (χ0n) is 19.9. The van der Waals surface area contributed by atoms with E-state index in [2.05, 4.69) is 20.8 Å². The Bertz CT molecular complexity index is 707. The van der Waals surface area contributed by atoms with Crippen LogP contribution in [0.2, 0.25) is 0 Å². The first-order valence-corrected chi connectivity index (χ1v) is 13.2. The van der Waals surface area contributed by atoms with Gasteiger partial charge in [-0.15, -0.1) is 0 Å². The van der Waals surface area contributed by atoms with Crippen LogP contribution in [0.1, 0.15) is 91.4 Å². The summed E-state index contributed by atoms with van der Waals surface area (Å²) in [4.78, 5) is 11.7. The van der Waals surface area contributed by atoms with E-state index in [-0.39, 0.29) is 11.5 Å². The normalized spacial score (nSPS) is 53.6. The monoisotopic (exact) mass is 432 g/mol. The van der Waals surface area contributed by atoms with E-state index in [1.807, 2.05) is 0 Å². The lowest BCUT2D eigenvalue weighted by Gasteiger charge is -2.67. The van der Waals surface area contributed by atoms with Crippen molar-refractivity contribution in [3.63, 3.8) is 0 Å². The second-order valence-electron chi connectivity index (χ2n) is 12.7.